The summed E-state index contributed by atoms with van der Waals surface area (Å²) in [6, 6.07) is 15.2. The molecule has 1 amide bonds. The first-order chi connectivity index (χ1) is 12.2. The molecule has 2 aromatic rings. The zero-order valence-corrected chi connectivity index (χ0v) is 15.0. The van der Waals surface area contributed by atoms with Crippen LogP contribution in [0.5, 0.6) is 11.5 Å². The van der Waals surface area contributed by atoms with Crippen LogP contribution in [0.1, 0.15) is 18.9 Å². The van der Waals surface area contributed by atoms with E-state index in [0.717, 1.165) is 17.1 Å². The molecule has 5 heteroatoms. The number of carbonyl (C=O) groups is 1. The molecule has 0 bridgehead atoms. The van der Waals surface area contributed by atoms with Gasteiger partial charge in [0.1, 0.15) is 6.61 Å². The number of likely N-dealkylation sites (N-methyl/N-ethyl adjacent to an activating group) is 1. The summed E-state index contributed by atoms with van der Waals surface area (Å²) in [6.07, 6.45) is 1.03. The molecular formula is C20H22ClNO3. The van der Waals surface area contributed by atoms with E-state index < -0.39 is 0 Å². The van der Waals surface area contributed by atoms with E-state index in [1.54, 1.807) is 0 Å². The number of rotatable bonds is 6. The molecule has 0 N–H and O–H groups in total. The lowest BCUT2D eigenvalue weighted by Gasteiger charge is -2.31. The number of carbonyl (C=O) groups excluding carboxylic acids is 1. The first-order valence-corrected chi connectivity index (χ1v) is 8.94. The van der Waals surface area contributed by atoms with Gasteiger partial charge in [-0.25, -0.2) is 0 Å². The van der Waals surface area contributed by atoms with E-state index in [4.69, 9.17) is 21.1 Å². The summed E-state index contributed by atoms with van der Waals surface area (Å²) < 4.78 is 11.7. The Morgan fingerprint density at radius 3 is 2.60 bits per heavy atom. The Kier molecular flexibility index (Phi) is 5.82. The maximum absolute atomic E-state index is 12.5. The monoisotopic (exact) mass is 359 g/mol. The van der Waals surface area contributed by atoms with Gasteiger partial charge in [-0.2, -0.15) is 0 Å². The fourth-order valence-corrected chi connectivity index (χ4v) is 2.99. The largest absolute Gasteiger partial charge is 0.486 e. The number of nitrogens with zero attached hydrogens (tertiary/aromatic N) is 1. The molecule has 0 aliphatic carbocycles. The predicted octanol–water partition coefficient (Wildman–Crippen LogP) is 3.96. The highest BCUT2D eigenvalue weighted by Gasteiger charge is 2.24. The fraction of sp³-hybridized carbons (Fsp3) is 0.350. The second-order valence-corrected chi connectivity index (χ2v) is 6.49. The molecule has 0 spiro atoms. The minimum Gasteiger partial charge on any atom is -0.486 e. The number of aryl methyl sites for hydroxylation is 1. The van der Waals surface area contributed by atoms with Crippen LogP contribution in [0.3, 0.4) is 0 Å². The highest BCUT2D eigenvalue weighted by molar-refractivity contribution is 6.30. The van der Waals surface area contributed by atoms with Crippen LogP contribution >= 0.6 is 11.6 Å². The van der Waals surface area contributed by atoms with E-state index in [9.17, 15) is 4.79 Å². The van der Waals surface area contributed by atoms with Crippen molar-refractivity contribution in [2.24, 2.45) is 0 Å². The molecule has 3 rings (SSSR count). The van der Waals surface area contributed by atoms with E-state index in [-0.39, 0.29) is 12.0 Å². The lowest BCUT2D eigenvalue weighted by atomic mass is 10.1. The number of fused-ring (bicyclic) bond motifs is 1. The molecule has 0 saturated carbocycles. The van der Waals surface area contributed by atoms with Crippen LogP contribution in [0.4, 0.5) is 0 Å². The molecule has 0 fully saturated rings. The normalized spacial score (nSPS) is 15.7. The molecule has 1 aliphatic rings. The SMILES string of the molecule is CCN(CC1COc2ccccc2O1)C(=O)CCc1ccc(Cl)cc1. The van der Waals surface area contributed by atoms with E-state index >= 15 is 0 Å². The predicted molar refractivity (Wildman–Crippen MR) is 98.4 cm³/mol. The Bertz CT molecular complexity index is 717. The van der Waals surface area contributed by atoms with Crippen LogP contribution < -0.4 is 9.47 Å². The van der Waals surface area contributed by atoms with Crippen molar-refractivity contribution in [2.45, 2.75) is 25.9 Å². The van der Waals surface area contributed by atoms with Crippen LogP contribution in [-0.4, -0.2) is 36.6 Å². The average molecular weight is 360 g/mol. The molecule has 4 nitrogen and oxygen atoms in total. The van der Waals surface area contributed by atoms with E-state index in [0.29, 0.717) is 37.6 Å². The van der Waals surface area contributed by atoms with Crippen molar-refractivity contribution in [1.29, 1.82) is 0 Å². The molecule has 0 saturated heterocycles. The first-order valence-electron chi connectivity index (χ1n) is 8.56. The molecule has 1 heterocycles. The van der Waals surface area contributed by atoms with Gasteiger partial charge < -0.3 is 14.4 Å². The quantitative estimate of drug-likeness (QED) is 0.783. The third-order valence-corrected chi connectivity index (χ3v) is 4.52. The topological polar surface area (TPSA) is 38.8 Å². The number of hydrogen-bond acceptors (Lipinski definition) is 3. The number of para-hydroxylation sites is 2. The van der Waals surface area contributed by atoms with Crippen LogP contribution in [0.15, 0.2) is 48.5 Å². The third-order valence-electron chi connectivity index (χ3n) is 4.27. The van der Waals surface area contributed by atoms with Gasteiger partial charge in [0.25, 0.3) is 0 Å². The average Bonchev–Trinajstić information content (AvgIpc) is 2.65. The Labute approximate surface area is 153 Å². The zero-order chi connectivity index (χ0) is 17.6. The third kappa shape index (κ3) is 4.67. The van der Waals surface area contributed by atoms with Gasteiger partial charge in [-0.05, 0) is 43.2 Å². The lowest BCUT2D eigenvalue weighted by molar-refractivity contribution is -0.132. The minimum absolute atomic E-state index is 0.125. The highest BCUT2D eigenvalue weighted by Crippen LogP contribution is 2.31. The van der Waals surface area contributed by atoms with Gasteiger partial charge >= 0.3 is 0 Å². The smallest absolute Gasteiger partial charge is 0.223 e. The van der Waals surface area contributed by atoms with Crippen molar-refractivity contribution >= 4 is 17.5 Å². The number of hydrogen-bond donors (Lipinski definition) is 0. The maximum Gasteiger partial charge on any atom is 0.223 e. The van der Waals surface area contributed by atoms with Gasteiger partial charge in [-0.1, -0.05) is 35.9 Å². The van der Waals surface area contributed by atoms with E-state index in [2.05, 4.69) is 0 Å². The first kappa shape index (κ1) is 17.6. The number of amides is 1. The van der Waals surface area contributed by atoms with Gasteiger partial charge in [0.2, 0.25) is 5.91 Å². The van der Waals surface area contributed by atoms with Crippen LogP contribution in [0, 0.1) is 0 Å². The second kappa shape index (κ2) is 8.26. The zero-order valence-electron chi connectivity index (χ0n) is 14.3. The standard InChI is InChI=1S/C20H22ClNO3/c1-2-22(20(23)12-9-15-7-10-16(21)11-8-15)13-17-14-24-18-5-3-4-6-19(18)25-17/h3-8,10-11,17H,2,9,12-14H2,1H3. The molecule has 2 aromatic carbocycles. The number of halogens is 1. The van der Waals surface area contributed by atoms with Crippen LogP contribution in [0.2, 0.25) is 5.02 Å². The van der Waals surface area contributed by atoms with Gasteiger partial charge in [0, 0.05) is 18.0 Å². The van der Waals surface area contributed by atoms with E-state index in [1.807, 2.05) is 60.4 Å². The lowest BCUT2D eigenvalue weighted by Crippen LogP contribution is -2.43. The summed E-state index contributed by atoms with van der Waals surface area (Å²) in [4.78, 5) is 14.4. The molecule has 0 aromatic heterocycles. The Balaban J connectivity index is 1.53. The molecule has 25 heavy (non-hydrogen) atoms. The Hall–Kier alpha value is -2.20. The van der Waals surface area contributed by atoms with Crippen molar-refractivity contribution in [1.82, 2.24) is 4.90 Å². The van der Waals surface area contributed by atoms with Gasteiger partial charge in [0.15, 0.2) is 17.6 Å². The number of benzene rings is 2. The van der Waals surface area contributed by atoms with Gasteiger partial charge in [-0.3, -0.25) is 4.79 Å². The molecule has 132 valence electrons. The van der Waals surface area contributed by atoms with Crippen molar-refractivity contribution in [2.75, 3.05) is 19.7 Å². The minimum atomic E-state index is -0.144. The van der Waals surface area contributed by atoms with Gasteiger partial charge in [-0.15, -0.1) is 0 Å². The molecule has 0 radical (unpaired) electrons. The van der Waals surface area contributed by atoms with Crippen molar-refractivity contribution in [3.05, 3.63) is 59.1 Å². The van der Waals surface area contributed by atoms with Crippen molar-refractivity contribution in [3.63, 3.8) is 0 Å². The summed E-state index contributed by atoms with van der Waals surface area (Å²) >= 11 is 5.89. The van der Waals surface area contributed by atoms with Crippen molar-refractivity contribution < 1.29 is 14.3 Å². The summed E-state index contributed by atoms with van der Waals surface area (Å²) in [6.45, 7) is 3.63. The van der Waals surface area contributed by atoms with E-state index in [1.165, 1.54) is 0 Å². The molecule has 1 unspecified atom stereocenters. The summed E-state index contributed by atoms with van der Waals surface area (Å²) in [5.74, 6) is 1.62. The summed E-state index contributed by atoms with van der Waals surface area (Å²) in [5, 5.41) is 0.708. The maximum atomic E-state index is 12.5. The summed E-state index contributed by atoms with van der Waals surface area (Å²) in [7, 11) is 0. The van der Waals surface area contributed by atoms with Gasteiger partial charge in [0.05, 0.1) is 6.54 Å². The Morgan fingerprint density at radius 1 is 1.16 bits per heavy atom. The fourth-order valence-electron chi connectivity index (χ4n) is 2.87. The second-order valence-electron chi connectivity index (χ2n) is 6.06. The highest BCUT2D eigenvalue weighted by atomic mass is 35.5. The molecule has 1 atom stereocenters. The molecular weight excluding hydrogens is 338 g/mol. The number of ether oxygens (including phenoxy) is 2. The molecule has 1 aliphatic heterocycles. The Morgan fingerprint density at radius 2 is 1.88 bits per heavy atom. The summed E-state index contributed by atoms with van der Waals surface area (Å²) in [5.41, 5.74) is 1.11. The van der Waals surface area contributed by atoms with Crippen molar-refractivity contribution in [3.8, 4) is 11.5 Å². The van der Waals surface area contributed by atoms with Crippen LogP contribution in [-0.2, 0) is 11.2 Å². The van der Waals surface area contributed by atoms with Crippen LogP contribution in [0.25, 0.3) is 0 Å².